The minimum Gasteiger partial charge on any atom is -0.479 e. The first-order valence-electron chi connectivity index (χ1n) is 9.62. The first-order chi connectivity index (χ1) is 14.7. The number of carbonyl (C=O) groups is 2. The van der Waals surface area contributed by atoms with Crippen LogP contribution >= 0.6 is 11.8 Å². The van der Waals surface area contributed by atoms with Crippen molar-refractivity contribution in [2.45, 2.75) is 19.9 Å². The summed E-state index contributed by atoms with van der Waals surface area (Å²) in [6.45, 7) is 4.21. The molecule has 0 saturated carbocycles. The average Bonchev–Trinajstić information content (AvgIpc) is 2.73. The van der Waals surface area contributed by atoms with Crippen LogP contribution in [0.4, 0.5) is 20.2 Å². The largest absolute Gasteiger partial charge is 0.479 e. The number of hydrogen-bond acceptors (Lipinski definition) is 8. The van der Waals surface area contributed by atoms with E-state index in [4.69, 9.17) is 4.74 Å². The van der Waals surface area contributed by atoms with Crippen LogP contribution in [0.2, 0.25) is 0 Å². The number of ketones is 1. The molecule has 0 aliphatic carbocycles. The monoisotopic (exact) mass is 450 g/mol. The fraction of sp³-hybridized carbons (Fsp3) is 0.381. The number of pyridine rings is 1. The summed E-state index contributed by atoms with van der Waals surface area (Å²) >= 11 is 1.07. The van der Waals surface area contributed by atoms with Gasteiger partial charge in [-0.05, 0) is 38.3 Å². The van der Waals surface area contributed by atoms with Crippen LogP contribution in [0.1, 0.15) is 23.0 Å². The van der Waals surface area contributed by atoms with Crippen LogP contribution in [0, 0.1) is 18.6 Å². The van der Waals surface area contributed by atoms with E-state index in [1.165, 1.54) is 26.2 Å². The van der Waals surface area contributed by atoms with Crippen molar-refractivity contribution in [3.05, 3.63) is 47.2 Å². The number of nitrogens with one attached hydrogen (secondary N) is 1. The second-order valence-electron chi connectivity index (χ2n) is 7.15. The van der Waals surface area contributed by atoms with E-state index in [1.807, 2.05) is 0 Å². The van der Waals surface area contributed by atoms with Gasteiger partial charge in [0, 0.05) is 37.0 Å². The molecule has 1 unspecified atom stereocenters. The Hall–Kier alpha value is -2.72. The third-order valence-electron chi connectivity index (χ3n) is 5.08. The number of rotatable bonds is 6. The molecule has 2 heterocycles. The Bertz CT molecular complexity index is 985. The molecule has 31 heavy (non-hydrogen) atoms. The van der Waals surface area contributed by atoms with E-state index in [0.29, 0.717) is 41.6 Å². The summed E-state index contributed by atoms with van der Waals surface area (Å²) in [4.78, 5) is 30.7. The number of hydrogen-bond donors (Lipinski definition) is 1. The van der Waals surface area contributed by atoms with E-state index >= 15 is 0 Å². The quantitative estimate of drug-likeness (QED) is 0.672. The van der Waals surface area contributed by atoms with E-state index in [0.717, 1.165) is 17.8 Å². The highest BCUT2D eigenvalue weighted by molar-refractivity contribution is 8.13. The summed E-state index contributed by atoms with van der Waals surface area (Å²) in [5.41, 5.74) is 5.00. The average molecular weight is 451 g/mol. The molecule has 0 bridgehead atoms. The standard InChI is InChI=1S/C21H24F2N4O3S/c1-12-17(13(2)28)10-18(20(24-12)30-3)25-27-6-5-26(11-19(27)21(29)31-4)16-8-14(22)7-15(23)9-16/h7-10,19,25H,5-6,11H2,1-4H3. The molecule has 7 nitrogen and oxygen atoms in total. The van der Waals surface area contributed by atoms with Gasteiger partial charge in [0.1, 0.15) is 23.4 Å². The number of Topliss-reactive ketones (excluding diaryl/α,β-unsaturated/α-hetero) is 1. The van der Waals surface area contributed by atoms with E-state index < -0.39 is 17.7 Å². The summed E-state index contributed by atoms with van der Waals surface area (Å²) < 4.78 is 32.7. The van der Waals surface area contributed by atoms with Crippen LogP contribution in [-0.2, 0) is 4.79 Å². The zero-order valence-corrected chi connectivity index (χ0v) is 18.6. The van der Waals surface area contributed by atoms with Crippen LogP contribution in [0.25, 0.3) is 0 Å². The number of benzene rings is 1. The Balaban J connectivity index is 1.89. The minimum absolute atomic E-state index is 0.111. The predicted molar refractivity (Wildman–Crippen MR) is 117 cm³/mol. The van der Waals surface area contributed by atoms with Gasteiger partial charge in [0.25, 0.3) is 0 Å². The lowest BCUT2D eigenvalue weighted by Gasteiger charge is -2.41. The number of thioether (sulfide) groups is 1. The Morgan fingerprint density at radius 3 is 2.45 bits per heavy atom. The number of carbonyl (C=O) groups excluding carboxylic acids is 2. The van der Waals surface area contributed by atoms with Crippen molar-refractivity contribution >= 4 is 34.0 Å². The van der Waals surface area contributed by atoms with E-state index in [-0.39, 0.29) is 17.4 Å². The van der Waals surface area contributed by atoms with Gasteiger partial charge in [-0.15, -0.1) is 0 Å². The zero-order chi connectivity index (χ0) is 22.7. The molecule has 2 aromatic rings. The minimum atomic E-state index is -0.671. The van der Waals surface area contributed by atoms with Crippen LogP contribution < -0.4 is 15.1 Å². The molecule has 1 aromatic heterocycles. The van der Waals surface area contributed by atoms with Crippen molar-refractivity contribution in [2.24, 2.45) is 0 Å². The van der Waals surface area contributed by atoms with Gasteiger partial charge in [-0.3, -0.25) is 9.59 Å². The maximum Gasteiger partial charge on any atom is 0.238 e. The van der Waals surface area contributed by atoms with Crippen molar-refractivity contribution < 1.29 is 23.1 Å². The molecule has 10 heteroatoms. The SMILES string of the molecule is COc1nc(C)c(C(C)=O)cc1NN1CCN(c2cc(F)cc(F)c2)CC1C(=O)SC. The lowest BCUT2D eigenvalue weighted by molar-refractivity contribution is -0.115. The molecular weight excluding hydrogens is 426 g/mol. The van der Waals surface area contributed by atoms with Gasteiger partial charge in [0.15, 0.2) is 5.78 Å². The van der Waals surface area contributed by atoms with Crippen molar-refractivity contribution in [3.63, 3.8) is 0 Å². The summed E-state index contributed by atoms with van der Waals surface area (Å²) in [5.74, 6) is -1.18. The molecule has 1 atom stereocenters. The molecule has 0 radical (unpaired) electrons. The molecule has 1 aromatic carbocycles. The Labute approximate surface area is 183 Å². The van der Waals surface area contributed by atoms with Crippen LogP contribution in [-0.4, -0.2) is 59.9 Å². The number of ether oxygens (including phenoxy) is 1. The number of aromatic nitrogens is 1. The number of hydrazine groups is 1. The van der Waals surface area contributed by atoms with Gasteiger partial charge in [-0.2, -0.15) is 0 Å². The molecule has 1 aliphatic heterocycles. The highest BCUT2D eigenvalue weighted by Gasteiger charge is 2.33. The Kier molecular flexibility index (Phi) is 7.11. The summed E-state index contributed by atoms with van der Waals surface area (Å²) in [7, 11) is 1.47. The van der Waals surface area contributed by atoms with Crippen molar-refractivity contribution in [2.75, 3.05) is 43.3 Å². The van der Waals surface area contributed by atoms with Gasteiger partial charge in [0.2, 0.25) is 11.0 Å². The van der Waals surface area contributed by atoms with Gasteiger partial charge < -0.3 is 15.1 Å². The lowest BCUT2D eigenvalue weighted by Crippen LogP contribution is -2.58. The summed E-state index contributed by atoms with van der Waals surface area (Å²) in [6, 6.07) is 4.35. The van der Waals surface area contributed by atoms with Gasteiger partial charge >= 0.3 is 0 Å². The number of anilines is 2. The molecular formula is C21H24F2N4O3S. The first-order valence-corrected chi connectivity index (χ1v) is 10.8. The lowest BCUT2D eigenvalue weighted by atomic mass is 10.1. The third-order valence-corrected chi connectivity index (χ3v) is 5.76. The third kappa shape index (κ3) is 5.13. The van der Waals surface area contributed by atoms with Gasteiger partial charge in [-0.25, -0.2) is 18.8 Å². The molecule has 1 N–H and O–H groups in total. The number of methoxy groups -OCH3 is 1. The molecule has 166 valence electrons. The van der Waals surface area contributed by atoms with E-state index in [2.05, 4.69) is 10.4 Å². The number of piperazine rings is 1. The molecule has 1 saturated heterocycles. The van der Waals surface area contributed by atoms with Crippen molar-refractivity contribution in [1.29, 1.82) is 0 Å². The number of halogens is 2. The number of aryl methyl sites for hydroxylation is 1. The number of nitrogens with zero attached hydrogens (tertiary/aromatic N) is 3. The molecule has 0 spiro atoms. The Morgan fingerprint density at radius 2 is 1.87 bits per heavy atom. The van der Waals surface area contributed by atoms with Crippen LogP contribution in [0.15, 0.2) is 24.3 Å². The molecule has 0 amide bonds. The van der Waals surface area contributed by atoms with Crippen LogP contribution in [0.3, 0.4) is 0 Å². The summed E-state index contributed by atoms with van der Waals surface area (Å²) in [5, 5.41) is 1.63. The highest BCUT2D eigenvalue weighted by atomic mass is 32.2. The van der Waals surface area contributed by atoms with Crippen molar-refractivity contribution in [1.82, 2.24) is 9.99 Å². The fourth-order valence-electron chi connectivity index (χ4n) is 3.54. The van der Waals surface area contributed by atoms with Crippen molar-refractivity contribution in [3.8, 4) is 5.88 Å². The maximum atomic E-state index is 13.7. The Morgan fingerprint density at radius 1 is 1.19 bits per heavy atom. The maximum absolute atomic E-state index is 13.7. The van der Waals surface area contributed by atoms with Gasteiger partial charge in [0.05, 0.1) is 12.8 Å². The predicted octanol–water partition coefficient (Wildman–Crippen LogP) is 3.29. The second kappa shape index (κ2) is 9.61. The van der Waals surface area contributed by atoms with E-state index in [1.54, 1.807) is 29.2 Å². The first kappa shape index (κ1) is 23.0. The topological polar surface area (TPSA) is 74.8 Å². The van der Waals surface area contributed by atoms with Gasteiger partial charge in [-0.1, -0.05) is 11.8 Å². The second-order valence-corrected chi connectivity index (χ2v) is 7.96. The molecule has 1 aliphatic rings. The zero-order valence-electron chi connectivity index (χ0n) is 17.7. The van der Waals surface area contributed by atoms with Crippen LogP contribution in [0.5, 0.6) is 5.88 Å². The fourth-order valence-corrected chi connectivity index (χ4v) is 4.01. The summed E-state index contributed by atoms with van der Waals surface area (Å²) in [6.07, 6.45) is 1.68. The van der Waals surface area contributed by atoms with E-state index in [9.17, 15) is 18.4 Å². The highest BCUT2D eigenvalue weighted by Crippen LogP contribution is 2.29. The molecule has 3 rings (SSSR count). The smallest absolute Gasteiger partial charge is 0.238 e. The molecule has 1 fully saturated rings. The normalized spacial score (nSPS) is 16.8.